The largest absolute Gasteiger partial charge is 0.377 e. The Morgan fingerprint density at radius 2 is 2.29 bits per heavy atom. The Balaban J connectivity index is 1.73. The van der Waals surface area contributed by atoms with Crippen LogP contribution >= 0.6 is 0 Å². The van der Waals surface area contributed by atoms with Crippen molar-refractivity contribution >= 4 is 0 Å². The third-order valence-corrected chi connectivity index (χ3v) is 4.19. The number of hydrogen-bond donors (Lipinski definition) is 0. The lowest BCUT2D eigenvalue weighted by molar-refractivity contribution is 0.0932. The molecule has 0 saturated heterocycles. The van der Waals surface area contributed by atoms with Gasteiger partial charge >= 0.3 is 0 Å². The Hall–Kier alpha value is -2.42. The zero-order valence-electron chi connectivity index (χ0n) is 13.8. The van der Waals surface area contributed by atoms with Crippen LogP contribution in [0, 0.1) is 17.2 Å². The predicted octanol–water partition coefficient (Wildman–Crippen LogP) is 2.59. The molecule has 5 heteroatoms. The molecule has 1 aromatic carbocycles. The molecule has 24 heavy (non-hydrogen) atoms. The first kappa shape index (κ1) is 16.4. The van der Waals surface area contributed by atoms with E-state index < -0.39 is 0 Å². The summed E-state index contributed by atoms with van der Waals surface area (Å²) in [5.41, 5.74) is 3.09. The van der Waals surface area contributed by atoms with Crippen molar-refractivity contribution < 1.29 is 4.74 Å². The number of fused-ring (bicyclic) bond motifs is 1. The summed E-state index contributed by atoms with van der Waals surface area (Å²) in [6.45, 7) is 8.45. The molecule has 0 radical (unpaired) electrons. The van der Waals surface area contributed by atoms with E-state index in [1.165, 1.54) is 5.69 Å². The van der Waals surface area contributed by atoms with E-state index in [4.69, 9.17) is 10.00 Å². The molecule has 3 rings (SSSR count). The fraction of sp³-hybridized carbons (Fsp3) is 0.368. The molecule has 0 saturated carbocycles. The van der Waals surface area contributed by atoms with Gasteiger partial charge in [0.25, 0.3) is 0 Å². The van der Waals surface area contributed by atoms with Gasteiger partial charge in [0.2, 0.25) is 0 Å². The molecular formula is C19H22N4O. The van der Waals surface area contributed by atoms with Crippen LogP contribution in [0.1, 0.15) is 16.8 Å². The Labute approximate surface area is 142 Å². The molecule has 0 unspecified atom stereocenters. The summed E-state index contributed by atoms with van der Waals surface area (Å²) in [6.07, 6.45) is 3.64. The maximum atomic E-state index is 9.08. The molecule has 2 heterocycles. The van der Waals surface area contributed by atoms with Crippen molar-refractivity contribution in [2.75, 3.05) is 19.8 Å². The van der Waals surface area contributed by atoms with Crippen LogP contribution in [0.25, 0.3) is 0 Å². The van der Waals surface area contributed by atoms with E-state index in [2.05, 4.69) is 39.5 Å². The van der Waals surface area contributed by atoms with Gasteiger partial charge in [-0.05, 0) is 23.8 Å². The van der Waals surface area contributed by atoms with Crippen molar-refractivity contribution in [2.45, 2.75) is 19.6 Å². The molecule has 5 nitrogen and oxygen atoms in total. The van der Waals surface area contributed by atoms with E-state index in [0.717, 1.165) is 31.7 Å². The summed E-state index contributed by atoms with van der Waals surface area (Å²) in [5.74, 6) is 0.380. The molecule has 0 aliphatic carbocycles. The van der Waals surface area contributed by atoms with Gasteiger partial charge in [-0.1, -0.05) is 18.2 Å². The van der Waals surface area contributed by atoms with Crippen molar-refractivity contribution in [3.63, 3.8) is 0 Å². The van der Waals surface area contributed by atoms with E-state index in [9.17, 15) is 0 Å². The molecule has 0 spiro atoms. The molecule has 0 bridgehead atoms. The highest BCUT2D eigenvalue weighted by Crippen LogP contribution is 2.19. The van der Waals surface area contributed by atoms with E-state index >= 15 is 0 Å². The van der Waals surface area contributed by atoms with Gasteiger partial charge in [0.05, 0.1) is 30.5 Å². The number of aromatic nitrogens is 2. The number of ether oxygens (including phenoxy) is 1. The lowest BCUT2D eigenvalue weighted by atomic mass is 10.1. The number of hydrogen-bond acceptors (Lipinski definition) is 4. The lowest BCUT2D eigenvalue weighted by Crippen LogP contribution is -2.30. The standard InChI is InChI=1S/C19H22N4O/c1-2-8-24-15-18-12-22(14-19-6-7-21-23(19)13-18)11-17-5-3-4-16(9-17)10-20/h2-7,9,18H,1,8,11-15H2/t18-/m0/s1. The van der Waals surface area contributed by atoms with Gasteiger partial charge in [-0.25, -0.2) is 0 Å². The van der Waals surface area contributed by atoms with Gasteiger partial charge in [0.1, 0.15) is 0 Å². The van der Waals surface area contributed by atoms with Crippen LogP contribution in [0.5, 0.6) is 0 Å². The fourth-order valence-electron chi connectivity index (χ4n) is 3.16. The summed E-state index contributed by atoms with van der Waals surface area (Å²) in [7, 11) is 0. The van der Waals surface area contributed by atoms with Crippen molar-refractivity contribution in [2.24, 2.45) is 5.92 Å². The van der Waals surface area contributed by atoms with Crippen LogP contribution in [0.15, 0.2) is 49.2 Å². The van der Waals surface area contributed by atoms with Crippen LogP contribution in [0.3, 0.4) is 0 Å². The number of nitrogens with zero attached hydrogens (tertiary/aromatic N) is 4. The maximum Gasteiger partial charge on any atom is 0.0991 e. The Bertz CT molecular complexity index is 731. The number of rotatable bonds is 6. The second-order valence-electron chi connectivity index (χ2n) is 6.18. The normalized spacial score (nSPS) is 17.7. The van der Waals surface area contributed by atoms with E-state index in [1.807, 2.05) is 24.4 Å². The fourth-order valence-corrected chi connectivity index (χ4v) is 3.16. The first-order valence-electron chi connectivity index (χ1n) is 8.19. The quantitative estimate of drug-likeness (QED) is 0.606. The minimum atomic E-state index is 0.380. The predicted molar refractivity (Wildman–Crippen MR) is 92.0 cm³/mol. The van der Waals surface area contributed by atoms with Gasteiger partial charge in [-0.2, -0.15) is 10.4 Å². The molecule has 0 fully saturated rings. The summed E-state index contributed by atoms with van der Waals surface area (Å²) in [4.78, 5) is 2.40. The van der Waals surface area contributed by atoms with Crippen molar-refractivity contribution in [3.05, 3.63) is 66.0 Å². The average molecular weight is 322 g/mol. The third kappa shape index (κ3) is 4.10. The molecular weight excluding hydrogens is 300 g/mol. The SMILES string of the molecule is C=CCOC[C@H]1CN(Cc2cccc(C#N)c2)Cc2ccnn2C1. The Morgan fingerprint density at radius 1 is 1.38 bits per heavy atom. The highest BCUT2D eigenvalue weighted by molar-refractivity contribution is 5.32. The van der Waals surface area contributed by atoms with Gasteiger partial charge in [-0.15, -0.1) is 6.58 Å². The third-order valence-electron chi connectivity index (χ3n) is 4.19. The van der Waals surface area contributed by atoms with Crippen molar-refractivity contribution in [1.29, 1.82) is 5.26 Å². The summed E-state index contributed by atoms with van der Waals surface area (Å²) < 4.78 is 7.75. The number of nitriles is 1. The van der Waals surface area contributed by atoms with E-state index in [0.29, 0.717) is 24.7 Å². The Morgan fingerprint density at radius 3 is 3.12 bits per heavy atom. The zero-order chi connectivity index (χ0) is 16.8. The minimum Gasteiger partial charge on any atom is -0.377 e. The van der Waals surface area contributed by atoms with Gasteiger partial charge < -0.3 is 4.74 Å². The zero-order valence-corrected chi connectivity index (χ0v) is 13.8. The van der Waals surface area contributed by atoms with Gasteiger partial charge in [-0.3, -0.25) is 9.58 Å². The van der Waals surface area contributed by atoms with Crippen LogP contribution in [-0.2, 0) is 24.4 Å². The van der Waals surface area contributed by atoms with Crippen LogP contribution in [0.4, 0.5) is 0 Å². The van der Waals surface area contributed by atoms with Crippen molar-refractivity contribution in [3.8, 4) is 6.07 Å². The molecule has 124 valence electrons. The molecule has 1 aromatic heterocycles. The van der Waals surface area contributed by atoms with Gasteiger partial charge in [0, 0.05) is 38.3 Å². The van der Waals surface area contributed by atoms with E-state index in [-0.39, 0.29) is 0 Å². The lowest BCUT2D eigenvalue weighted by Gasteiger charge is -2.23. The number of benzene rings is 1. The molecule has 2 aromatic rings. The molecule has 1 aliphatic rings. The topological polar surface area (TPSA) is 54.1 Å². The van der Waals surface area contributed by atoms with E-state index in [1.54, 1.807) is 6.08 Å². The molecule has 1 atom stereocenters. The second-order valence-corrected chi connectivity index (χ2v) is 6.18. The molecule has 0 amide bonds. The maximum absolute atomic E-state index is 9.08. The highest BCUT2D eigenvalue weighted by atomic mass is 16.5. The van der Waals surface area contributed by atoms with Crippen LogP contribution < -0.4 is 0 Å². The molecule has 1 aliphatic heterocycles. The Kier molecular flexibility index (Phi) is 5.42. The summed E-state index contributed by atoms with van der Waals surface area (Å²) in [5, 5.41) is 13.5. The first-order chi connectivity index (χ1) is 11.8. The van der Waals surface area contributed by atoms with Crippen molar-refractivity contribution in [1.82, 2.24) is 14.7 Å². The highest BCUT2D eigenvalue weighted by Gasteiger charge is 2.22. The summed E-state index contributed by atoms with van der Waals surface area (Å²) >= 11 is 0. The first-order valence-corrected chi connectivity index (χ1v) is 8.19. The summed E-state index contributed by atoms with van der Waals surface area (Å²) in [6, 6.07) is 12.1. The minimum absolute atomic E-state index is 0.380. The molecule has 0 N–H and O–H groups in total. The smallest absolute Gasteiger partial charge is 0.0991 e. The average Bonchev–Trinajstić information content (AvgIpc) is 2.95. The van der Waals surface area contributed by atoms with Crippen LogP contribution in [-0.4, -0.2) is 34.4 Å². The second kappa shape index (κ2) is 7.91. The van der Waals surface area contributed by atoms with Crippen LogP contribution in [0.2, 0.25) is 0 Å². The monoisotopic (exact) mass is 322 g/mol. The van der Waals surface area contributed by atoms with Gasteiger partial charge in [0.15, 0.2) is 0 Å².